The Morgan fingerprint density at radius 3 is 2.33 bits per heavy atom. The molecule has 0 aromatic heterocycles. The first-order valence-corrected chi connectivity index (χ1v) is 9.88. The highest BCUT2D eigenvalue weighted by molar-refractivity contribution is 6.01. The van der Waals surface area contributed by atoms with Crippen molar-refractivity contribution in [3.8, 4) is 0 Å². The number of likely N-dealkylation sites (N-methyl/N-ethyl adjacent to an activating group) is 2. The molecule has 1 aliphatic heterocycles. The van der Waals surface area contributed by atoms with Gasteiger partial charge in [-0.2, -0.15) is 0 Å². The van der Waals surface area contributed by atoms with Gasteiger partial charge in [-0.05, 0) is 59.5 Å². The number of benzene rings is 1. The summed E-state index contributed by atoms with van der Waals surface area (Å²) in [6.45, 7) is 6.52. The molecule has 2 rings (SSSR count). The van der Waals surface area contributed by atoms with E-state index in [9.17, 15) is 23.9 Å². The Morgan fingerprint density at radius 2 is 1.83 bits per heavy atom. The second-order valence-corrected chi connectivity index (χ2v) is 8.81. The molecule has 1 saturated heterocycles. The molecule has 1 aliphatic rings. The number of carbonyl (C=O) groups is 3. The molecule has 0 radical (unpaired) electrons. The van der Waals surface area contributed by atoms with Crippen LogP contribution in [0, 0.1) is 5.82 Å². The van der Waals surface area contributed by atoms with Gasteiger partial charge < -0.3 is 19.8 Å². The molecule has 0 bridgehead atoms. The number of anilines is 1. The minimum atomic E-state index is -1.19. The predicted octanol–water partition coefficient (Wildman–Crippen LogP) is 2.34. The van der Waals surface area contributed by atoms with Crippen molar-refractivity contribution in [1.82, 2.24) is 14.7 Å². The lowest BCUT2D eigenvalue weighted by molar-refractivity contribution is -0.122. The molecule has 0 saturated carbocycles. The predicted molar refractivity (Wildman–Crippen MR) is 112 cm³/mol. The summed E-state index contributed by atoms with van der Waals surface area (Å²) in [5.41, 5.74) is -0.523. The first-order chi connectivity index (χ1) is 13.8. The van der Waals surface area contributed by atoms with E-state index >= 15 is 0 Å². The molecule has 9 heteroatoms. The van der Waals surface area contributed by atoms with E-state index in [1.165, 1.54) is 21.9 Å². The van der Waals surface area contributed by atoms with Gasteiger partial charge in [0.25, 0.3) is 5.91 Å². The molecule has 1 aromatic rings. The summed E-state index contributed by atoms with van der Waals surface area (Å²) in [4.78, 5) is 43.0. The number of halogens is 1. The topological polar surface area (TPSA) is 84.4 Å². The number of carbonyl (C=O) groups excluding carboxylic acids is 2. The van der Waals surface area contributed by atoms with Gasteiger partial charge in [0.15, 0.2) is 0 Å². The molecule has 3 amide bonds. The van der Waals surface area contributed by atoms with E-state index in [1.54, 1.807) is 27.8 Å². The summed E-state index contributed by atoms with van der Waals surface area (Å²) in [6.07, 6.45) is -0.916. The lowest BCUT2D eigenvalue weighted by atomic mass is 10.0. The van der Waals surface area contributed by atoms with Gasteiger partial charge in [-0.3, -0.25) is 14.5 Å². The van der Waals surface area contributed by atoms with Crippen LogP contribution in [0.1, 0.15) is 37.6 Å². The SMILES string of the molecule is CN(C)CCN(C)C(=O)c1ccc(N2CCC(N(C(=O)O)C(C)(C)C)C2=O)c(F)c1. The van der Waals surface area contributed by atoms with Gasteiger partial charge in [0, 0.05) is 37.8 Å². The Hall–Kier alpha value is -2.68. The summed E-state index contributed by atoms with van der Waals surface area (Å²) in [6, 6.07) is 3.15. The van der Waals surface area contributed by atoms with E-state index in [0.29, 0.717) is 13.1 Å². The molecular weight excluding hydrogens is 391 g/mol. The maximum absolute atomic E-state index is 14.8. The highest BCUT2D eigenvalue weighted by Crippen LogP contribution is 2.30. The molecule has 1 unspecified atom stereocenters. The highest BCUT2D eigenvalue weighted by Gasteiger charge is 2.44. The summed E-state index contributed by atoms with van der Waals surface area (Å²) < 4.78 is 14.8. The Bertz CT molecular complexity index is 822. The van der Waals surface area contributed by atoms with Crippen LogP contribution < -0.4 is 4.90 Å². The van der Waals surface area contributed by atoms with Crippen LogP contribution in [0.5, 0.6) is 0 Å². The van der Waals surface area contributed by atoms with Crippen molar-refractivity contribution in [3.63, 3.8) is 0 Å². The van der Waals surface area contributed by atoms with E-state index in [1.807, 2.05) is 19.0 Å². The lowest BCUT2D eigenvalue weighted by Gasteiger charge is -2.36. The number of hydrogen-bond acceptors (Lipinski definition) is 4. The number of rotatable bonds is 6. The van der Waals surface area contributed by atoms with E-state index in [2.05, 4.69) is 0 Å². The fourth-order valence-corrected chi connectivity index (χ4v) is 3.56. The second kappa shape index (κ2) is 8.99. The van der Waals surface area contributed by atoms with Crippen LogP contribution in [-0.4, -0.2) is 90.1 Å². The van der Waals surface area contributed by atoms with Gasteiger partial charge in [0.2, 0.25) is 5.91 Å². The van der Waals surface area contributed by atoms with Gasteiger partial charge in [0.05, 0.1) is 5.69 Å². The minimum absolute atomic E-state index is 0.0502. The maximum atomic E-state index is 14.8. The lowest BCUT2D eigenvalue weighted by Crippen LogP contribution is -2.54. The van der Waals surface area contributed by atoms with E-state index in [-0.39, 0.29) is 30.1 Å². The summed E-state index contributed by atoms with van der Waals surface area (Å²) in [5, 5.41) is 9.56. The van der Waals surface area contributed by atoms with Crippen LogP contribution in [0.4, 0.5) is 14.9 Å². The number of carboxylic acid groups (broad SMARTS) is 1. The average Bonchev–Trinajstić information content (AvgIpc) is 2.98. The van der Waals surface area contributed by atoms with Gasteiger partial charge in [-0.15, -0.1) is 0 Å². The second-order valence-electron chi connectivity index (χ2n) is 8.81. The zero-order valence-electron chi connectivity index (χ0n) is 18.5. The summed E-state index contributed by atoms with van der Waals surface area (Å²) in [5.74, 6) is -1.46. The smallest absolute Gasteiger partial charge is 0.408 e. The molecule has 1 N–H and O–H groups in total. The Morgan fingerprint density at radius 1 is 1.20 bits per heavy atom. The monoisotopic (exact) mass is 422 g/mol. The number of amides is 3. The van der Waals surface area contributed by atoms with Crippen molar-refractivity contribution in [2.24, 2.45) is 0 Å². The van der Waals surface area contributed by atoms with Crippen LogP contribution in [-0.2, 0) is 4.79 Å². The standard InChI is InChI=1S/C21H31FN4O4/c1-21(2,3)26(20(29)30)17-9-10-25(19(17)28)16-8-7-14(13-15(16)22)18(27)24(6)12-11-23(4)5/h7-8,13,17H,9-12H2,1-6H3,(H,29,30). The quantitative estimate of drug-likeness (QED) is 0.761. The van der Waals surface area contributed by atoms with Crippen molar-refractivity contribution in [2.45, 2.75) is 38.8 Å². The Labute approximate surface area is 176 Å². The third-order valence-corrected chi connectivity index (χ3v) is 5.13. The summed E-state index contributed by atoms with van der Waals surface area (Å²) >= 11 is 0. The fraction of sp³-hybridized carbons (Fsp3) is 0.571. The fourth-order valence-electron chi connectivity index (χ4n) is 3.56. The van der Waals surface area contributed by atoms with Crippen molar-refractivity contribution in [1.29, 1.82) is 0 Å². The van der Waals surface area contributed by atoms with Crippen LogP contribution in [0.2, 0.25) is 0 Å². The molecular formula is C21H31FN4O4. The summed E-state index contributed by atoms with van der Waals surface area (Å²) in [7, 11) is 5.45. The zero-order valence-corrected chi connectivity index (χ0v) is 18.5. The molecule has 1 aromatic carbocycles. The Kier molecular flexibility index (Phi) is 7.07. The number of nitrogens with zero attached hydrogens (tertiary/aromatic N) is 4. The van der Waals surface area contributed by atoms with Crippen LogP contribution in [0.25, 0.3) is 0 Å². The zero-order chi connectivity index (χ0) is 22.8. The Balaban J connectivity index is 2.20. The van der Waals surface area contributed by atoms with Gasteiger partial charge >= 0.3 is 6.09 Å². The van der Waals surface area contributed by atoms with E-state index < -0.39 is 29.4 Å². The van der Waals surface area contributed by atoms with Gasteiger partial charge in [-0.1, -0.05) is 0 Å². The highest BCUT2D eigenvalue weighted by atomic mass is 19.1. The largest absolute Gasteiger partial charge is 0.465 e. The molecule has 166 valence electrons. The molecule has 1 heterocycles. The third-order valence-electron chi connectivity index (χ3n) is 5.13. The first kappa shape index (κ1) is 23.6. The van der Waals surface area contributed by atoms with Gasteiger partial charge in [0.1, 0.15) is 11.9 Å². The van der Waals surface area contributed by atoms with E-state index in [0.717, 1.165) is 11.0 Å². The maximum Gasteiger partial charge on any atom is 0.408 e. The van der Waals surface area contributed by atoms with E-state index in [4.69, 9.17) is 0 Å². The molecule has 1 atom stereocenters. The van der Waals surface area contributed by atoms with Crippen LogP contribution >= 0.6 is 0 Å². The van der Waals surface area contributed by atoms with Crippen molar-refractivity contribution >= 4 is 23.6 Å². The van der Waals surface area contributed by atoms with Crippen LogP contribution in [0.15, 0.2) is 18.2 Å². The average molecular weight is 423 g/mol. The molecule has 0 spiro atoms. The third kappa shape index (κ3) is 5.08. The van der Waals surface area contributed by atoms with Crippen molar-refractivity contribution in [3.05, 3.63) is 29.6 Å². The van der Waals surface area contributed by atoms with Crippen molar-refractivity contribution in [2.75, 3.05) is 45.7 Å². The molecule has 8 nitrogen and oxygen atoms in total. The first-order valence-electron chi connectivity index (χ1n) is 9.88. The normalized spacial score (nSPS) is 16.9. The minimum Gasteiger partial charge on any atom is -0.465 e. The molecule has 1 fully saturated rings. The van der Waals surface area contributed by atoms with Gasteiger partial charge in [-0.25, -0.2) is 9.18 Å². The van der Waals surface area contributed by atoms with Crippen LogP contribution in [0.3, 0.4) is 0 Å². The molecule has 30 heavy (non-hydrogen) atoms. The van der Waals surface area contributed by atoms with Crippen molar-refractivity contribution < 1.29 is 23.9 Å². The number of hydrogen-bond donors (Lipinski definition) is 1. The molecule has 0 aliphatic carbocycles.